The Morgan fingerprint density at radius 2 is 1.74 bits per heavy atom. The normalized spacial score (nSPS) is 11.6. The molecule has 1 amide bonds. The maximum absolute atomic E-state index is 12.5. The van der Waals surface area contributed by atoms with Crippen LogP contribution in [0.4, 0.5) is 0 Å². The number of benzene rings is 2. The molecule has 0 fully saturated rings. The minimum Gasteiger partial charge on any atom is -0.361 e. The van der Waals surface area contributed by atoms with E-state index in [1.807, 2.05) is 62.5 Å². The number of hydrogen-bond acceptors (Lipinski definition) is 1. The third-order valence-corrected chi connectivity index (χ3v) is 4.42. The molecule has 0 radical (unpaired) electrons. The minimum absolute atomic E-state index is 0.0588. The molecule has 3 nitrogen and oxygen atoms in total. The van der Waals surface area contributed by atoms with Gasteiger partial charge < -0.3 is 10.3 Å². The van der Waals surface area contributed by atoms with Gasteiger partial charge in [-0.2, -0.15) is 0 Å². The van der Waals surface area contributed by atoms with Crippen molar-refractivity contribution in [3.63, 3.8) is 0 Å². The van der Waals surface area contributed by atoms with Gasteiger partial charge in [0, 0.05) is 23.6 Å². The molecule has 3 rings (SSSR count). The first-order chi connectivity index (χ1) is 11.1. The van der Waals surface area contributed by atoms with Crippen molar-refractivity contribution in [2.75, 3.05) is 6.54 Å². The summed E-state index contributed by atoms with van der Waals surface area (Å²) >= 11 is 0. The lowest BCUT2D eigenvalue weighted by atomic mass is 9.84. The zero-order valence-corrected chi connectivity index (χ0v) is 13.6. The monoisotopic (exact) mass is 306 g/mol. The second-order valence-corrected chi connectivity index (χ2v) is 6.36. The number of amides is 1. The molecule has 118 valence electrons. The Hall–Kier alpha value is -2.55. The van der Waals surface area contributed by atoms with Crippen LogP contribution >= 0.6 is 0 Å². The topological polar surface area (TPSA) is 44.9 Å². The van der Waals surface area contributed by atoms with E-state index in [-0.39, 0.29) is 5.91 Å². The summed E-state index contributed by atoms with van der Waals surface area (Å²) in [6.45, 7) is 4.56. The summed E-state index contributed by atoms with van der Waals surface area (Å²) in [7, 11) is 0. The maximum atomic E-state index is 12.5. The Morgan fingerprint density at radius 1 is 1.04 bits per heavy atom. The van der Waals surface area contributed by atoms with E-state index in [2.05, 4.69) is 22.4 Å². The summed E-state index contributed by atoms with van der Waals surface area (Å²) in [4.78, 5) is 15.8. The Morgan fingerprint density at radius 3 is 2.52 bits per heavy atom. The summed E-state index contributed by atoms with van der Waals surface area (Å²) in [6, 6.07) is 18.1. The van der Waals surface area contributed by atoms with Crippen molar-refractivity contribution < 1.29 is 4.79 Å². The van der Waals surface area contributed by atoms with Gasteiger partial charge in [-0.1, -0.05) is 48.5 Å². The van der Waals surface area contributed by atoms with Crippen LogP contribution in [0.25, 0.3) is 10.9 Å². The highest BCUT2D eigenvalue weighted by molar-refractivity contribution is 5.87. The number of carbonyl (C=O) groups is 1. The van der Waals surface area contributed by atoms with Crippen LogP contribution in [0.2, 0.25) is 0 Å². The number of H-pyrrole nitrogens is 1. The van der Waals surface area contributed by atoms with Crippen molar-refractivity contribution in [1.82, 2.24) is 10.3 Å². The second kappa shape index (κ2) is 6.29. The van der Waals surface area contributed by atoms with Crippen LogP contribution in [-0.4, -0.2) is 17.4 Å². The predicted molar refractivity (Wildman–Crippen MR) is 94.5 cm³/mol. The average molecular weight is 306 g/mol. The van der Waals surface area contributed by atoms with Gasteiger partial charge in [0.05, 0.1) is 5.41 Å². The maximum Gasteiger partial charge on any atom is 0.230 e. The number of aromatic amines is 1. The molecular weight excluding hydrogens is 284 g/mol. The number of aromatic nitrogens is 1. The summed E-state index contributed by atoms with van der Waals surface area (Å²) in [5, 5.41) is 4.30. The first-order valence-corrected chi connectivity index (χ1v) is 7.98. The summed E-state index contributed by atoms with van der Waals surface area (Å²) in [6.07, 6.45) is 2.85. The van der Waals surface area contributed by atoms with E-state index >= 15 is 0 Å². The molecule has 0 aliphatic rings. The van der Waals surface area contributed by atoms with E-state index in [1.165, 1.54) is 10.9 Å². The molecule has 23 heavy (non-hydrogen) atoms. The highest BCUT2D eigenvalue weighted by Crippen LogP contribution is 2.23. The van der Waals surface area contributed by atoms with Gasteiger partial charge >= 0.3 is 0 Å². The quantitative estimate of drug-likeness (QED) is 0.740. The van der Waals surface area contributed by atoms with E-state index in [1.54, 1.807) is 0 Å². The van der Waals surface area contributed by atoms with Gasteiger partial charge in [0.25, 0.3) is 0 Å². The molecule has 1 aromatic heterocycles. The van der Waals surface area contributed by atoms with Crippen molar-refractivity contribution in [3.8, 4) is 0 Å². The Bertz CT molecular complexity index is 803. The van der Waals surface area contributed by atoms with Crippen molar-refractivity contribution in [2.45, 2.75) is 25.7 Å². The van der Waals surface area contributed by atoms with Gasteiger partial charge in [-0.25, -0.2) is 0 Å². The average Bonchev–Trinajstić information content (AvgIpc) is 2.99. The number of para-hydroxylation sites is 1. The van der Waals surface area contributed by atoms with Crippen LogP contribution in [0, 0.1) is 0 Å². The number of hydrogen-bond donors (Lipinski definition) is 2. The molecule has 0 bridgehead atoms. The predicted octanol–water partition coefficient (Wildman–Crippen LogP) is 3.80. The zero-order chi connectivity index (χ0) is 16.3. The van der Waals surface area contributed by atoms with E-state index < -0.39 is 5.41 Å². The van der Waals surface area contributed by atoms with Crippen molar-refractivity contribution in [1.29, 1.82) is 0 Å². The molecule has 0 saturated carbocycles. The molecule has 3 heteroatoms. The molecule has 0 spiro atoms. The van der Waals surface area contributed by atoms with Gasteiger partial charge in [-0.15, -0.1) is 0 Å². The number of carbonyl (C=O) groups excluding carboxylic acids is 1. The molecule has 3 aromatic rings. The number of rotatable bonds is 5. The van der Waals surface area contributed by atoms with Crippen LogP contribution in [0.3, 0.4) is 0 Å². The lowest BCUT2D eigenvalue weighted by molar-refractivity contribution is -0.125. The van der Waals surface area contributed by atoms with E-state index in [4.69, 9.17) is 0 Å². The highest BCUT2D eigenvalue weighted by atomic mass is 16.2. The standard InChI is InChI=1S/C20H22N2O/c1-20(2,16-8-4-3-5-9-16)19(23)21-13-12-15-14-22-18-11-7-6-10-17(15)18/h3-11,14,22H,12-13H2,1-2H3,(H,21,23). The van der Waals surface area contributed by atoms with Crippen LogP contribution in [0.1, 0.15) is 25.0 Å². The van der Waals surface area contributed by atoms with Gasteiger partial charge in [0.15, 0.2) is 0 Å². The first kappa shape index (κ1) is 15.3. The Balaban J connectivity index is 1.63. The molecular formula is C20H22N2O. The fourth-order valence-electron chi connectivity index (χ4n) is 2.86. The molecule has 0 aliphatic heterocycles. The lowest BCUT2D eigenvalue weighted by Gasteiger charge is -2.24. The lowest BCUT2D eigenvalue weighted by Crippen LogP contribution is -2.40. The van der Waals surface area contributed by atoms with E-state index in [9.17, 15) is 4.79 Å². The number of fused-ring (bicyclic) bond motifs is 1. The molecule has 2 aromatic carbocycles. The first-order valence-electron chi connectivity index (χ1n) is 7.98. The van der Waals surface area contributed by atoms with Gasteiger partial charge in [-0.3, -0.25) is 4.79 Å². The van der Waals surface area contributed by atoms with Crippen LogP contribution in [0.15, 0.2) is 60.8 Å². The third kappa shape index (κ3) is 3.14. The Labute approximate surface area is 136 Å². The van der Waals surface area contributed by atoms with E-state index in [0.29, 0.717) is 6.54 Å². The SMILES string of the molecule is CC(C)(C(=O)NCCc1c[nH]c2ccccc12)c1ccccc1. The highest BCUT2D eigenvalue weighted by Gasteiger charge is 2.29. The van der Waals surface area contributed by atoms with Crippen LogP contribution < -0.4 is 5.32 Å². The molecule has 0 saturated heterocycles. The smallest absolute Gasteiger partial charge is 0.230 e. The Kier molecular flexibility index (Phi) is 4.20. The van der Waals surface area contributed by atoms with Gasteiger partial charge in [-0.05, 0) is 37.5 Å². The summed E-state index contributed by atoms with van der Waals surface area (Å²) in [5.74, 6) is 0.0588. The van der Waals surface area contributed by atoms with Crippen molar-refractivity contribution in [3.05, 3.63) is 71.9 Å². The van der Waals surface area contributed by atoms with Crippen molar-refractivity contribution >= 4 is 16.8 Å². The fourth-order valence-corrected chi connectivity index (χ4v) is 2.86. The third-order valence-electron chi connectivity index (χ3n) is 4.42. The zero-order valence-electron chi connectivity index (χ0n) is 13.6. The fraction of sp³-hybridized carbons (Fsp3) is 0.250. The number of nitrogens with one attached hydrogen (secondary N) is 2. The molecule has 2 N–H and O–H groups in total. The summed E-state index contributed by atoms with van der Waals surface area (Å²) in [5.41, 5.74) is 2.88. The van der Waals surface area contributed by atoms with Gasteiger partial charge in [0.2, 0.25) is 5.91 Å². The molecule has 0 atom stereocenters. The van der Waals surface area contributed by atoms with Crippen molar-refractivity contribution in [2.24, 2.45) is 0 Å². The minimum atomic E-state index is -0.526. The van der Waals surface area contributed by atoms with Crippen LogP contribution in [0.5, 0.6) is 0 Å². The second-order valence-electron chi connectivity index (χ2n) is 6.36. The van der Waals surface area contributed by atoms with Gasteiger partial charge in [0.1, 0.15) is 0 Å². The molecule has 1 heterocycles. The van der Waals surface area contributed by atoms with E-state index in [0.717, 1.165) is 17.5 Å². The molecule has 0 unspecified atom stereocenters. The summed E-state index contributed by atoms with van der Waals surface area (Å²) < 4.78 is 0. The molecule has 0 aliphatic carbocycles. The largest absolute Gasteiger partial charge is 0.361 e. The van der Waals surface area contributed by atoms with Crippen LogP contribution in [-0.2, 0) is 16.6 Å².